The van der Waals surface area contributed by atoms with Gasteiger partial charge in [-0.3, -0.25) is 0 Å². The van der Waals surface area contributed by atoms with E-state index in [1.807, 2.05) is 0 Å². The molecule has 6 nitrogen and oxygen atoms in total. The monoisotopic (exact) mass is 251 g/mol. The Morgan fingerprint density at radius 2 is 2.33 bits per heavy atom. The van der Waals surface area contributed by atoms with Crippen LogP contribution in [0.4, 0.5) is 11.5 Å². The third-order valence-corrected chi connectivity index (χ3v) is 3.20. The van der Waals surface area contributed by atoms with Crippen molar-refractivity contribution in [1.29, 1.82) is 0 Å². The number of carboxylic acids is 1. The van der Waals surface area contributed by atoms with Gasteiger partial charge < -0.3 is 20.9 Å². The molecule has 6 heteroatoms. The van der Waals surface area contributed by atoms with Crippen LogP contribution in [0, 0.1) is 0 Å². The lowest BCUT2D eigenvalue weighted by atomic mass is 10.2. The molecule has 0 spiro atoms. The molecule has 1 heterocycles. The fraction of sp³-hybridized carbons (Fsp3) is 0.500. The highest BCUT2D eigenvalue weighted by molar-refractivity contribution is 5.86. The number of aromatic carboxylic acids is 1. The number of anilines is 2. The van der Waals surface area contributed by atoms with Crippen molar-refractivity contribution in [2.45, 2.75) is 31.4 Å². The third-order valence-electron chi connectivity index (χ3n) is 3.20. The van der Waals surface area contributed by atoms with Crippen LogP contribution in [0.5, 0.6) is 0 Å². The van der Waals surface area contributed by atoms with E-state index in [0.717, 1.165) is 19.3 Å². The lowest BCUT2D eigenvalue weighted by Gasteiger charge is -2.15. The maximum absolute atomic E-state index is 10.8. The van der Waals surface area contributed by atoms with Gasteiger partial charge in [-0.25, -0.2) is 9.78 Å². The molecule has 18 heavy (non-hydrogen) atoms. The first kappa shape index (κ1) is 12.6. The SMILES string of the molecule is COC1CCC(Nc2nc(C(=O)O)ccc2N)C1. The van der Waals surface area contributed by atoms with Crippen molar-refractivity contribution in [3.05, 3.63) is 17.8 Å². The van der Waals surface area contributed by atoms with E-state index < -0.39 is 5.97 Å². The number of aromatic nitrogens is 1. The normalized spacial score (nSPS) is 22.9. The first-order valence-corrected chi connectivity index (χ1v) is 5.89. The summed E-state index contributed by atoms with van der Waals surface area (Å²) in [6.45, 7) is 0. The summed E-state index contributed by atoms with van der Waals surface area (Å²) in [7, 11) is 1.70. The van der Waals surface area contributed by atoms with Gasteiger partial charge in [-0.15, -0.1) is 0 Å². The second kappa shape index (κ2) is 5.22. The van der Waals surface area contributed by atoms with Crippen LogP contribution in [0.2, 0.25) is 0 Å². The number of carbonyl (C=O) groups is 1. The van der Waals surface area contributed by atoms with E-state index in [1.54, 1.807) is 13.2 Å². The largest absolute Gasteiger partial charge is 0.477 e. The summed E-state index contributed by atoms with van der Waals surface area (Å²) < 4.78 is 5.29. The van der Waals surface area contributed by atoms with Crippen molar-refractivity contribution in [2.75, 3.05) is 18.2 Å². The van der Waals surface area contributed by atoms with Gasteiger partial charge in [0.05, 0.1) is 11.8 Å². The number of methoxy groups -OCH3 is 1. The number of ether oxygens (including phenoxy) is 1. The predicted molar refractivity (Wildman–Crippen MR) is 67.7 cm³/mol. The average Bonchev–Trinajstić information content (AvgIpc) is 2.79. The molecule has 0 aromatic carbocycles. The van der Waals surface area contributed by atoms with Crippen LogP contribution >= 0.6 is 0 Å². The Morgan fingerprint density at radius 1 is 1.56 bits per heavy atom. The Bertz CT molecular complexity index is 450. The molecule has 4 N–H and O–H groups in total. The zero-order valence-electron chi connectivity index (χ0n) is 10.2. The number of carboxylic acid groups (broad SMARTS) is 1. The highest BCUT2D eigenvalue weighted by Crippen LogP contribution is 2.26. The molecule has 0 aliphatic heterocycles. The number of nitrogen functional groups attached to an aromatic ring is 1. The number of pyridine rings is 1. The van der Waals surface area contributed by atoms with Crippen molar-refractivity contribution in [3.63, 3.8) is 0 Å². The standard InChI is InChI=1S/C12H17N3O3/c1-18-8-3-2-7(6-8)14-11-9(13)4-5-10(15-11)12(16)17/h4-5,7-8H,2-3,6,13H2,1H3,(H,14,15)(H,16,17). The van der Waals surface area contributed by atoms with Crippen molar-refractivity contribution in [1.82, 2.24) is 4.98 Å². The Balaban J connectivity index is 2.09. The quantitative estimate of drug-likeness (QED) is 0.747. The molecule has 1 aliphatic carbocycles. The zero-order valence-corrected chi connectivity index (χ0v) is 10.2. The molecule has 0 bridgehead atoms. The predicted octanol–water partition coefficient (Wildman–Crippen LogP) is 1.34. The van der Waals surface area contributed by atoms with E-state index in [-0.39, 0.29) is 17.8 Å². The lowest BCUT2D eigenvalue weighted by molar-refractivity contribution is 0.0690. The minimum Gasteiger partial charge on any atom is -0.477 e. The second-order valence-electron chi connectivity index (χ2n) is 4.45. The number of hydrogen-bond donors (Lipinski definition) is 3. The first-order chi connectivity index (χ1) is 8.60. The molecule has 1 aromatic rings. The summed E-state index contributed by atoms with van der Waals surface area (Å²) in [6.07, 6.45) is 3.10. The molecule has 98 valence electrons. The summed E-state index contributed by atoms with van der Waals surface area (Å²) in [6, 6.07) is 3.19. The van der Waals surface area contributed by atoms with Gasteiger partial charge >= 0.3 is 5.97 Å². The molecule has 1 saturated carbocycles. The molecule has 0 amide bonds. The van der Waals surface area contributed by atoms with Gasteiger partial charge in [0.25, 0.3) is 0 Å². The molecule has 2 unspecified atom stereocenters. The number of nitrogens with one attached hydrogen (secondary N) is 1. The van der Waals surface area contributed by atoms with E-state index in [2.05, 4.69) is 10.3 Å². The van der Waals surface area contributed by atoms with E-state index >= 15 is 0 Å². The van der Waals surface area contributed by atoms with E-state index in [9.17, 15) is 4.79 Å². The summed E-state index contributed by atoms with van der Waals surface area (Å²) in [5.74, 6) is -0.615. The molecule has 1 aliphatic rings. The van der Waals surface area contributed by atoms with Crippen LogP contribution in [0.1, 0.15) is 29.8 Å². The maximum Gasteiger partial charge on any atom is 0.354 e. The molecule has 0 radical (unpaired) electrons. The molecule has 1 fully saturated rings. The van der Waals surface area contributed by atoms with Crippen molar-refractivity contribution in [2.24, 2.45) is 0 Å². The van der Waals surface area contributed by atoms with Crippen LogP contribution in [-0.4, -0.2) is 35.3 Å². The van der Waals surface area contributed by atoms with Gasteiger partial charge in [0.2, 0.25) is 0 Å². The van der Waals surface area contributed by atoms with Crippen molar-refractivity contribution >= 4 is 17.5 Å². The van der Waals surface area contributed by atoms with Gasteiger partial charge in [-0.2, -0.15) is 0 Å². The van der Waals surface area contributed by atoms with Gasteiger partial charge in [0, 0.05) is 13.2 Å². The maximum atomic E-state index is 10.8. The number of nitrogens with zero attached hydrogens (tertiary/aromatic N) is 1. The highest BCUT2D eigenvalue weighted by atomic mass is 16.5. The third kappa shape index (κ3) is 2.70. The minimum atomic E-state index is -1.06. The Hall–Kier alpha value is -1.82. The topological polar surface area (TPSA) is 97.5 Å². The fourth-order valence-electron chi connectivity index (χ4n) is 2.18. The Kier molecular flexibility index (Phi) is 3.66. The molecule has 1 aromatic heterocycles. The average molecular weight is 251 g/mol. The lowest BCUT2D eigenvalue weighted by Crippen LogP contribution is -2.19. The highest BCUT2D eigenvalue weighted by Gasteiger charge is 2.25. The number of nitrogens with two attached hydrogens (primary N) is 1. The van der Waals surface area contributed by atoms with Crippen LogP contribution in [0.3, 0.4) is 0 Å². The van der Waals surface area contributed by atoms with Crippen LogP contribution in [0.25, 0.3) is 0 Å². The Labute approximate surface area is 105 Å². The number of rotatable bonds is 4. The summed E-state index contributed by atoms with van der Waals surface area (Å²) in [5, 5.41) is 12.1. The molecule has 2 rings (SSSR count). The van der Waals surface area contributed by atoms with Crippen molar-refractivity contribution in [3.8, 4) is 0 Å². The summed E-state index contributed by atoms with van der Waals surface area (Å²) in [5.41, 5.74) is 6.24. The van der Waals surface area contributed by atoms with E-state index in [1.165, 1.54) is 6.07 Å². The molecule has 2 atom stereocenters. The second-order valence-corrected chi connectivity index (χ2v) is 4.45. The zero-order chi connectivity index (χ0) is 13.1. The van der Waals surface area contributed by atoms with Crippen LogP contribution < -0.4 is 11.1 Å². The van der Waals surface area contributed by atoms with E-state index in [4.69, 9.17) is 15.6 Å². The molecule has 0 saturated heterocycles. The van der Waals surface area contributed by atoms with E-state index in [0.29, 0.717) is 11.5 Å². The molecular formula is C12H17N3O3. The van der Waals surface area contributed by atoms with Crippen molar-refractivity contribution < 1.29 is 14.6 Å². The Morgan fingerprint density at radius 3 is 2.94 bits per heavy atom. The van der Waals surface area contributed by atoms with Crippen LogP contribution in [0.15, 0.2) is 12.1 Å². The summed E-state index contributed by atoms with van der Waals surface area (Å²) in [4.78, 5) is 14.9. The summed E-state index contributed by atoms with van der Waals surface area (Å²) >= 11 is 0. The fourth-order valence-corrected chi connectivity index (χ4v) is 2.18. The minimum absolute atomic E-state index is 0.00649. The van der Waals surface area contributed by atoms with Gasteiger partial charge in [0.15, 0.2) is 5.69 Å². The van der Waals surface area contributed by atoms with Gasteiger partial charge in [-0.05, 0) is 31.4 Å². The van der Waals surface area contributed by atoms with Gasteiger partial charge in [0.1, 0.15) is 5.82 Å². The van der Waals surface area contributed by atoms with Crippen LogP contribution in [-0.2, 0) is 4.74 Å². The van der Waals surface area contributed by atoms with Gasteiger partial charge in [-0.1, -0.05) is 0 Å². The number of hydrogen-bond acceptors (Lipinski definition) is 5. The molecular weight excluding hydrogens is 234 g/mol. The first-order valence-electron chi connectivity index (χ1n) is 5.89. The smallest absolute Gasteiger partial charge is 0.354 e.